The predicted molar refractivity (Wildman–Crippen MR) is 102 cm³/mol. The number of esters is 1. The third-order valence-corrected chi connectivity index (χ3v) is 4.85. The summed E-state index contributed by atoms with van der Waals surface area (Å²) in [6.07, 6.45) is 0. The number of amides is 2. The molecule has 7 heteroatoms. The highest BCUT2D eigenvalue weighted by atomic mass is 32.1. The number of anilines is 1. The maximum Gasteiger partial charge on any atom is 0.338 e. The number of benzene rings is 1. The van der Waals surface area contributed by atoms with E-state index in [1.807, 2.05) is 13.8 Å². The molecule has 0 spiro atoms. The van der Waals surface area contributed by atoms with Gasteiger partial charge in [-0.2, -0.15) is 0 Å². The van der Waals surface area contributed by atoms with E-state index < -0.39 is 12.0 Å². The summed E-state index contributed by atoms with van der Waals surface area (Å²) in [5, 5.41) is 7.38. The average molecular weight is 374 g/mol. The fourth-order valence-corrected chi connectivity index (χ4v) is 3.09. The molecule has 0 aliphatic carbocycles. The standard InChI is InChI=1S/C19H22N2O4S/c1-11(2)16(21-17(22)15-9-6-10-26-15)18(23)20-14-8-5-7-13(12(14)3)19(24)25-4/h5-11,16H,1-4H3,(H,20,23)(H,21,22). The van der Waals surface area contributed by atoms with Crippen LogP contribution in [0.5, 0.6) is 0 Å². The predicted octanol–water partition coefficient (Wildman–Crippen LogP) is 3.24. The molecule has 0 saturated heterocycles. The number of methoxy groups -OCH3 is 1. The fourth-order valence-electron chi connectivity index (χ4n) is 2.47. The summed E-state index contributed by atoms with van der Waals surface area (Å²) >= 11 is 1.32. The van der Waals surface area contributed by atoms with Gasteiger partial charge in [0.05, 0.1) is 17.6 Å². The zero-order chi connectivity index (χ0) is 19.3. The lowest BCUT2D eigenvalue weighted by Crippen LogP contribution is -2.47. The highest BCUT2D eigenvalue weighted by molar-refractivity contribution is 7.12. The Balaban J connectivity index is 2.18. The van der Waals surface area contributed by atoms with Gasteiger partial charge >= 0.3 is 5.97 Å². The third-order valence-electron chi connectivity index (χ3n) is 3.98. The van der Waals surface area contributed by atoms with Gasteiger partial charge in [0.15, 0.2) is 0 Å². The smallest absolute Gasteiger partial charge is 0.338 e. The molecule has 2 amide bonds. The van der Waals surface area contributed by atoms with Gasteiger partial charge in [-0.15, -0.1) is 11.3 Å². The van der Waals surface area contributed by atoms with E-state index in [0.717, 1.165) is 0 Å². The topological polar surface area (TPSA) is 84.5 Å². The molecule has 6 nitrogen and oxygen atoms in total. The molecule has 2 rings (SSSR count). The summed E-state index contributed by atoms with van der Waals surface area (Å²) in [6.45, 7) is 5.45. The summed E-state index contributed by atoms with van der Waals surface area (Å²) in [6, 6.07) is 7.80. The summed E-state index contributed by atoms with van der Waals surface area (Å²) in [4.78, 5) is 37.4. The van der Waals surface area contributed by atoms with Crippen molar-refractivity contribution in [3.8, 4) is 0 Å². The van der Waals surface area contributed by atoms with Crippen molar-refractivity contribution in [3.05, 3.63) is 51.7 Å². The molecule has 0 fully saturated rings. The molecular formula is C19H22N2O4S. The Kier molecular flexibility index (Phi) is 6.52. The number of hydrogen-bond acceptors (Lipinski definition) is 5. The van der Waals surface area contributed by atoms with Gasteiger partial charge < -0.3 is 15.4 Å². The molecule has 2 aromatic rings. The minimum absolute atomic E-state index is 0.108. The van der Waals surface area contributed by atoms with Crippen molar-refractivity contribution in [1.82, 2.24) is 5.32 Å². The van der Waals surface area contributed by atoms with E-state index >= 15 is 0 Å². The van der Waals surface area contributed by atoms with Crippen LogP contribution in [-0.4, -0.2) is 30.9 Å². The Morgan fingerprint density at radius 1 is 1.12 bits per heavy atom. The molecule has 1 aromatic heterocycles. The summed E-state index contributed by atoms with van der Waals surface area (Å²) < 4.78 is 4.75. The van der Waals surface area contributed by atoms with Crippen LogP contribution >= 0.6 is 11.3 Å². The average Bonchev–Trinajstić information content (AvgIpc) is 3.15. The molecule has 26 heavy (non-hydrogen) atoms. The molecule has 1 unspecified atom stereocenters. The Morgan fingerprint density at radius 3 is 2.42 bits per heavy atom. The van der Waals surface area contributed by atoms with Crippen molar-refractivity contribution in [2.45, 2.75) is 26.8 Å². The number of ether oxygens (including phenoxy) is 1. The lowest BCUT2D eigenvalue weighted by Gasteiger charge is -2.22. The number of rotatable bonds is 6. The van der Waals surface area contributed by atoms with Crippen molar-refractivity contribution in [1.29, 1.82) is 0 Å². The van der Waals surface area contributed by atoms with Crippen molar-refractivity contribution in [2.75, 3.05) is 12.4 Å². The van der Waals surface area contributed by atoms with Crippen LogP contribution in [0.15, 0.2) is 35.7 Å². The van der Waals surface area contributed by atoms with Gasteiger partial charge in [0.2, 0.25) is 5.91 Å². The quantitative estimate of drug-likeness (QED) is 0.760. The first kappa shape index (κ1) is 19.7. The van der Waals surface area contributed by atoms with Crippen LogP contribution in [0, 0.1) is 12.8 Å². The van der Waals surface area contributed by atoms with Gasteiger partial charge in [0.25, 0.3) is 5.91 Å². The lowest BCUT2D eigenvalue weighted by molar-refractivity contribution is -0.118. The van der Waals surface area contributed by atoms with Crippen molar-refractivity contribution >= 4 is 34.8 Å². The third kappa shape index (κ3) is 4.49. The molecule has 2 N–H and O–H groups in total. The Labute approximate surface area is 156 Å². The minimum atomic E-state index is -0.703. The fraction of sp³-hybridized carbons (Fsp3) is 0.316. The number of nitrogens with one attached hydrogen (secondary N) is 2. The van der Waals surface area contributed by atoms with E-state index in [0.29, 0.717) is 21.7 Å². The Hall–Kier alpha value is -2.67. The van der Waals surface area contributed by atoms with Gasteiger partial charge in [0.1, 0.15) is 6.04 Å². The van der Waals surface area contributed by atoms with Gasteiger partial charge in [-0.1, -0.05) is 26.0 Å². The molecule has 1 atom stereocenters. The van der Waals surface area contributed by atoms with Crippen molar-refractivity contribution in [2.24, 2.45) is 5.92 Å². The molecule has 0 aliphatic rings. The van der Waals surface area contributed by atoms with E-state index in [-0.39, 0.29) is 17.7 Å². The number of carbonyl (C=O) groups excluding carboxylic acids is 3. The van der Waals surface area contributed by atoms with Gasteiger partial charge in [0, 0.05) is 5.69 Å². The summed E-state index contributed by atoms with van der Waals surface area (Å²) in [7, 11) is 1.31. The summed E-state index contributed by atoms with van der Waals surface area (Å²) in [5.74, 6) is -1.20. The number of carbonyl (C=O) groups is 3. The summed E-state index contributed by atoms with van der Waals surface area (Å²) in [5.41, 5.74) is 1.50. The molecular weight excluding hydrogens is 352 g/mol. The molecule has 0 radical (unpaired) electrons. The van der Waals surface area contributed by atoms with E-state index in [2.05, 4.69) is 10.6 Å². The lowest BCUT2D eigenvalue weighted by atomic mass is 10.0. The normalized spacial score (nSPS) is 11.7. The maximum absolute atomic E-state index is 12.7. The van der Waals surface area contributed by atoms with E-state index in [1.54, 1.807) is 42.6 Å². The number of hydrogen-bond donors (Lipinski definition) is 2. The van der Waals surface area contributed by atoms with Crippen LogP contribution in [0.1, 0.15) is 39.4 Å². The van der Waals surface area contributed by atoms with Gasteiger partial charge in [-0.3, -0.25) is 9.59 Å². The number of thiophene rings is 1. The van der Waals surface area contributed by atoms with Crippen LogP contribution in [0.3, 0.4) is 0 Å². The Bertz CT molecular complexity index is 800. The highest BCUT2D eigenvalue weighted by Gasteiger charge is 2.26. The SMILES string of the molecule is COC(=O)c1cccc(NC(=O)C(NC(=O)c2cccs2)C(C)C)c1C. The first-order chi connectivity index (χ1) is 12.3. The van der Waals surface area contributed by atoms with Crippen molar-refractivity contribution < 1.29 is 19.1 Å². The minimum Gasteiger partial charge on any atom is -0.465 e. The first-order valence-corrected chi connectivity index (χ1v) is 9.06. The second kappa shape index (κ2) is 8.62. The molecule has 138 valence electrons. The second-order valence-electron chi connectivity index (χ2n) is 6.13. The molecule has 0 bridgehead atoms. The zero-order valence-corrected chi connectivity index (χ0v) is 16.0. The Morgan fingerprint density at radius 2 is 1.85 bits per heavy atom. The van der Waals surface area contributed by atoms with E-state index in [4.69, 9.17) is 4.74 Å². The molecule has 1 aromatic carbocycles. The molecule has 1 heterocycles. The van der Waals surface area contributed by atoms with Gasteiger partial charge in [-0.05, 0) is 42.0 Å². The van der Waals surface area contributed by atoms with E-state index in [1.165, 1.54) is 18.4 Å². The maximum atomic E-state index is 12.7. The van der Waals surface area contributed by atoms with Crippen LogP contribution in [0.4, 0.5) is 5.69 Å². The molecule has 0 aliphatic heterocycles. The van der Waals surface area contributed by atoms with Crippen LogP contribution in [0.2, 0.25) is 0 Å². The largest absolute Gasteiger partial charge is 0.465 e. The van der Waals surface area contributed by atoms with Crippen LogP contribution < -0.4 is 10.6 Å². The van der Waals surface area contributed by atoms with Crippen molar-refractivity contribution in [3.63, 3.8) is 0 Å². The van der Waals surface area contributed by atoms with E-state index in [9.17, 15) is 14.4 Å². The first-order valence-electron chi connectivity index (χ1n) is 8.18. The monoisotopic (exact) mass is 374 g/mol. The zero-order valence-electron chi connectivity index (χ0n) is 15.2. The second-order valence-corrected chi connectivity index (χ2v) is 7.08. The van der Waals surface area contributed by atoms with Gasteiger partial charge in [-0.25, -0.2) is 4.79 Å². The van der Waals surface area contributed by atoms with Crippen LogP contribution in [0.25, 0.3) is 0 Å². The van der Waals surface area contributed by atoms with Crippen LogP contribution in [-0.2, 0) is 9.53 Å². The highest BCUT2D eigenvalue weighted by Crippen LogP contribution is 2.20. The molecule has 0 saturated carbocycles.